The molecular formula is C38H28N2. The molecule has 0 saturated carbocycles. The van der Waals surface area contributed by atoms with Gasteiger partial charge < -0.3 is 9.13 Å². The van der Waals surface area contributed by atoms with Gasteiger partial charge in [0.2, 0.25) is 0 Å². The highest BCUT2D eigenvalue weighted by atomic mass is 15.0. The Bertz CT molecular complexity index is 2190. The van der Waals surface area contributed by atoms with Gasteiger partial charge in [0, 0.05) is 44.8 Å². The van der Waals surface area contributed by atoms with Crippen molar-refractivity contribution in [3.8, 4) is 27.9 Å². The quantitative estimate of drug-likeness (QED) is 0.222. The maximum Gasteiger partial charge on any atom is 0.0541 e. The summed E-state index contributed by atoms with van der Waals surface area (Å²) in [5.41, 5.74) is 11.1. The minimum absolute atomic E-state index is 0.946. The average Bonchev–Trinajstić information content (AvgIpc) is 3.53. The predicted octanol–water partition coefficient (Wildman–Crippen LogP) is 10.2. The molecule has 0 atom stereocenters. The van der Waals surface area contributed by atoms with Gasteiger partial charge in [-0.05, 0) is 71.6 Å². The van der Waals surface area contributed by atoms with E-state index in [0.717, 1.165) is 6.54 Å². The van der Waals surface area contributed by atoms with Gasteiger partial charge >= 0.3 is 0 Å². The van der Waals surface area contributed by atoms with Crippen LogP contribution in [0.15, 0.2) is 140 Å². The summed E-state index contributed by atoms with van der Waals surface area (Å²) in [4.78, 5) is 0. The van der Waals surface area contributed by atoms with Gasteiger partial charge in [-0.2, -0.15) is 0 Å². The van der Waals surface area contributed by atoms with Crippen molar-refractivity contribution in [1.29, 1.82) is 0 Å². The molecule has 0 spiro atoms. The Kier molecular flexibility index (Phi) is 5.14. The molecule has 40 heavy (non-hydrogen) atoms. The van der Waals surface area contributed by atoms with Gasteiger partial charge in [-0.15, -0.1) is 0 Å². The Morgan fingerprint density at radius 1 is 0.400 bits per heavy atom. The summed E-state index contributed by atoms with van der Waals surface area (Å²) < 4.78 is 4.83. The molecule has 0 aliphatic heterocycles. The molecule has 0 bridgehead atoms. The number of nitrogens with zero attached hydrogens (tertiary/aromatic N) is 2. The monoisotopic (exact) mass is 512 g/mol. The number of rotatable bonds is 4. The summed E-state index contributed by atoms with van der Waals surface area (Å²) in [6, 6.07) is 50.8. The molecule has 8 aromatic rings. The normalized spacial score (nSPS) is 11.7. The molecule has 0 aliphatic rings. The van der Waals surface area contributed by atoms with Crippen LogP contribution in [-0.2, 0) is 6.54 Å². The maximum atomic E-state index is 2.43. The van der Waals surface area contributed by atoms with E-state index in [4.69, 9.17) is 0 Å². The fourth-order valence-electron chi connectivity index (χ4n) is 6.46. The molecular weight excluding hydrogens is 484 g/mol. The van der Waals surface area contributed by atoms with Crippen molar-refractivity contribution < 1.29 is 0 Å². The minimum atomic E-state index is 0.946. The molecule has 0 fully saturated rings. The van der Waals surface area contributed by atoms with Crippen LogP contribution in [-0.4, -0.2) is 9.13 Å². The highest BCUT2D eigenvalue weighted by Crippen LogP contribution is 2.37. The fraction of sp³-hybridized carbons (Fsp3) is 0.0526. The first-order valence-electron chi connectivity index (χ1n) is 14.0. The molecule has 0 saturated heterocycles. The van der Waals surface area contributed by atoms with Crippen LogP contribution in [0.5, 0.6) is 0 Å². The first-order valence-corrected chi connectivity index (χ1v) is 14.0. The molecule has 2 aromatic heterocycles. The minimum Gasteiger partial charge on any atom is -0.341 e. The SMILES string of the molecule is CCn1c2ccccc2c2ccc(-c3ccc4c(c3)c3ccccc3n4-c3cccc(-c4ccccc4)c3)cc21. The third-order valence-electron chi connectivity index (χ3n) is 8.31. The van der Waals surface area contributed by atoms with Gasteiger partial charge in [0.1, 0.15) is 0 Å². The molecule has 0 unspecified atom stereocenters. The van der Waals surface area contributed by atoms with E-state index < -0.39 is 0 Å². The smallest absolute Gasteiger partial charge is 0.0541 e. The van der Waals surface area contributed by atoms with E-state index in [2.05, 4.69) is 156 Å². The van der Waals surface area contributed by atoms with E-state index >= 15 is 0 Å². The summed E-state index contributed by atoms with van der Waals surface area (Å²) in [6.45, 7) is 3.17. The van der Waals surface area contributed by atoms with Gasteiger partial charge in [0.15, 0.2) is 0 Å². The van der Waals surface area contributed by atoms with Crippen LogP contribution in [0.4, 0.5) is 0 Å². The van der Waals surface area contributed by atoms with Crippen molar-refractivity contribution in [1.82, 2.24) is 9.13 Å². The number of para-hydroxylation sites is 2. The Morgan fingerprint density at radius 3 is 1.82 bits per heavy atom. The maximum absolute atomic E-state index is 2.43. The van der Waals surface area contributed by atoms with Crippen molar-refractivity contribution in [3.63, 3.8) is 0 Å². The van der Waals surface area contributed by atoms with Gasteiger partial charge in [-0.1, -0.05) is 97.1 Å². The van der Waals surface area contributed by atoms with Crippen molar-refractivity contribution in [3.05, 3.63) is 140 Å². The van der Waals surface area contributed by atoms with E-state index in [-0.39, 0.29) is 0 Å². The van der Waals surface area contributed by atoms with Crippen LogP contribution >= 0.6 is 0 Å². The zero-order valence-corrected chi connectivity index (χ0v) is 22.4. The molecule has 8 rings (SSSR count). The number of aromatic nitrogens is 2. The van der Waals surface area contributed by atoms with Gasteiger partial charge in [-0.3, -0.25) is 0 Å². The Hall–Kier alpha value is -5.08. The van der Waals surface area contributed by atoms with E-state index in [1.165, 1.54) is 71.6 Å². The molecule has 2 heterocycles. The van der Waals surface area contributed by atoms with Crippen LogP contribution in [0.2, 0.25) is 0 Å². The number of aryl methyl sites for hydroxylation is 1. The molecule has 0 radical (unpaired) electrons. The number of hydrogen-bond acceptors (Lipinski definition) is 0. The van der Waals surface area contributed by atoms with E-state index in [0.29, 0.717) is 0 Å². The van der Waals surface area contributed by atoms with Crippen molar-refractivity contribution in [2.45, 2.75) is 13.5 Å². The molecule has 0 N–H and O–H groups in total. The van der Waals surface area contributed by atoms with Crippen molar-refractivity contribution >= 4 is 43.6 Å². The lowest BCUT2D eigenvalue weighted by Crippen LogP contribution is -1.94. The fourth-order valence-corrected chi connectivity index (χ4v) is 6.46. The molecule has 190 valence electrons. The molecule has 2 heteroatoms. The first kappa shape index (κ1) is 22.9. The lowest BCUT2D eigenvalue weighted by molar-refractivity contribution is 0.827. The van der Waals surface area contributed by atoms with Crippen molar-refractivity contribution in [2.75, 3.05) is 0 Å². The molecule has 0 amide bonds. The largest absolute Gasteiger partial charge is 0.341 e. The third-order valence-corrected chi connectivity index (χ3v) is 8.31. The zero-order valence-electron chi connectivity index (χ0n) is 22.4. The van der Waals surface area contributed by atoms with Gasteiger partial charge in [0.05, 0.1) is 11.0 Å². The number of hydrogen-bond donors (Lipinski definition) is 0. The summed E-state index contributed by atoms with van der Waals surface area (Å²) >= 11 is 0. The van der Waals surface area contributed by atoms with E-state index in [1.54, 1.807) is 0 Å². The second kappa shape index (κ2) is 9.00. The first-order chi connectivity index (χ1) is 19.8. The van der Waals surface area contributed by atoms with Crippen LogP contribution in [0, 0.1) is 0 Å². The standard InChI is InChI=1S/C38H28N2/c1-2-39-35-17-8-6-15-31(35)33-21-19-29(25-38(33)39)28-20-22-37-34(24-28)32-16-7-9-18-36(32)40(37)30-14-10-13-27(23-30)26-11-4-3-5-12-26/h3-25H,2H2,1H3. The van der Waals surface area contributed by atoms with Gasteiger partial charge in [0.25, 0.3) is 0 Å². The third kappa shape index (κ3) is 3.43. The Balaban J connectivity index is 1.32. The van der Waals surface area contributed by atoms with Gasteiger partial charge in [-0.25, -0.2) is 0 Å². The highest BCUT2D eigenvalue weighted by molar-refractivity contribution is 6.12. The highest BCUT2D eigenvalue weighted by Gasteiger charge is 2.15. The summed E-state index contributed by atoms with van der Waals surface area (Å²) in [7, 11) is 0. The Labute approximate surface area is 233 Å². The zero-order chi connectivity index (χ0) is 26.6. The van der Waals surface area contributed by atoms with Crippen LogP contribution in [0.3, 0.4) is 0 Å². The van der Waals surface area contributed by atoms with Crippen molar-refractivity contribution in [2.24, 2.45) is 0 Å². The topological polar surface area (TPSA) is 9.86 Å². The Morgan fingerprint density at radius 2 is 1.00 bits per heavy atom. The summed E-state index contributed by atoms with van der Waals surface area (Å²) in [5.74, 6) is 0. The molecule has 6 aromatic carbocycles. The number of fused-ring (bicyclic) bond motifs is 6. The predicted molar refractivity (Wildman–Crippen MR) is 170 cm³/mol. The second-order valence-electron chi connectivity index (χ2n) is 10.5. The van der Waals surface area contributed by atoms with Crippen LogP contribution in [0.25, 0.3) is 71.6 Å². The second-order valence-corrected chi connectivity index (χ2v) is 10.5. The summed E-state index contributed by atoms with van der Waals surface area (Å²) in [5, 5.41) is 5.18. The number of benzene rings is 6. The average molecular weight is 513 g/mol. The van der Waals surface area contributed by atoms with E-state index in [1.807, 2.05) is 0 Å². The van der Waals surface area contributed by atoms with Crippen LogP contribution in [0.1, 0.15) is 6.92 Å². The molecule has 0 aliphatic carbocycles. The lowest BCUT2D eigenvalue weighted by Gasteiger charge is -2.11. The van der Waals surface area contributed by atoms with E-state index in [9.17, 15) is 0 Å². The van der Waals surface area contributed by atoms with Crippen LogP contribution < -0.4 is 0 Å². The molecule has 2 nitrogen and oxygen atoms in total. The lowest BCUT2D eigenvalue weighted by atomic mass is 10.0. The summed E-state index contributed by atoms with van der Waals surface area (Å²) in [6.07, 6.45) is 0.